The molecule has 0 amide bonds. The molecule has 0 saturated carbocycles. The Kier molecular flexibility index (Phi) is 3.81. The Balaban J connectivity index is 3.14. The van der Waals surface area contributed by atoms with E-state index in [1.54, 1.807) is 6.07 Å². The lowest BCUT2D eigenvalue weighted by Gasteiger charge is -1.92. The van der Waals surface area contributed by atoms with Crippen molar-refractivity contribution in [2.45, 2.75) is 18.9 Å². The topological polar surface area (TPSA) is 61.1 Å². The second kappa shape index (κ2) is 4.28. The maximum Gasteiger partial charge on any atom is 0.140 e. The highest BCUT2D eigenvalue weighted by Crippen LogP contribution is 1.90. The Morgan fingerprint density at radius 3 is 2.88 bits per heavy atom. The Morgan fingerprint density at radius 2 is 2.50 bits per heavy atom. The van der Waals surface area contributed by atoms with Crippen molar-refractivity contribution in [2.75, 3.05) is 0 Å². The average Bonchev–Trinajstić information content (AvgIpc) is 1.83. The van der Waals surface area contributed by atoms with E-state index in [4.69, 9.17) is 10.4 Å². The zero-order valence-corrected chi connectivity index (χ0v) is 4.37. The maximum absolute atomic E-state index is 9.60. The molecule has 0 rings (SSSR count). The van der Waals surface area contributed by atoms with Gasteiger partial charge in [-0.1, -0.05) is 0 Å². The molecule has 0 saturated heterocycles. The van der Waals surface area contributed by atoms with Gasteiger partial charge in [-0.2, -0.15) is 5.26 Å². The fourth-order valence-corrected chi connectivity index (χ4v) is 0.290. The van der Waals surface area contributed by atoms with Crippen LogP contribution in [-0.4, -0.2) is 17.5 Å². The highest BCUT2D eigenvalue weighted by atomic mass is 16.3. The zero-order chi connectivity index (χ0) is 6.41. The molecule has 3 heteroatoms. The maximum atomic E-state index is 9.60. The van der Waals surface area contributed by atoms with Crippen molar-refractivity contribution in [2.24, 2.45) is 0 Å². The summed E-state index contributed by atoms with van der Waals surface area (Å²) < 4.78 is 0. The molecule has 0 aromatic heterocycles. The van der Waals surface area contributed by atoms with Gasteiger partial charge in [-0.3, -0.25) is 0 Å². The van der Waals surface area contributed by atoms with Gasteiger partial charge in [-0.05, 0) is 6.42 Å². The van der Waals surface area contributed by atoms with Crippen molar-refractivity contribution < 1.29 is 9.90 Å². The van der Waals surface area contributed by atoms with Gasteiger partial charge in [0, 0.05) is 6.42 Å². The van der Waals surface area contributed by atoms with Crippen LogP contribution in [-0.2, 0) is 4.79 Å². The summed E-state index contributed by atoms with van der Waals surface area (Å²) in [4.78, 5) is 9.60. The number of carbonyl (C=O) groups is 1. The van der Waals surface area contributed by atoms with Crippen molar-refractivity contribution in [1.29, 1.82) is 5.26 Å². The number of nitriles is 1. The lowest BCUT2D eigenvalue weighted by molar-refractivity contribution is -0.108. The molecule has 8 heavy (non-hydrogen) atoms. The van der Waals surface area contributed by atoms with Crippen molar-refractivity contribution in [3.63, 3.8) is 0 Å². The molecule has 0 fully saturated rings. The predicted octanol–water partition coefficient (Wildman–Crippen LogP) is -0.150. The van der Waals surface area contributed by atoms with Gasteiger partial charge < -0.3 is 9.90 Å². The smallest absolute Gasteiger partial charge is 0.140 e. The monoisotopic (exact) mass is 113 g/mol. The average molecular weight is 113 g/mol. The van der Waals surface area contributed by atoms with E-state index in [1.165, 1.54) is 0 Å². The molecule has 1 unspecified atom stereocenters. The molecule has 0 aliphatic carbocycles. The van der Waals surface area contributed by atoms with E-state index in [1.807, 2.05) is 0 Å². The first-order chi connectivity index (χ1) is 3.81. The first-order valence-corrected chi connectivity index (χ1v) is 2.32. The second-order valence-corrected chi connectivity index (χ2v) is 1.39. The van der Waals surface area contributed by atoms with Crippen molar-refractivity contribution >= 4 is 6.29 Å². The number of aliphatic hydroxyl groups excluding tert-OH is 1. The molecule has 1 atom stereocenters. The first-order valence-electron chi connectivity index (χ1n) is 2.32. The van der Waals surface area contributed by atoms with Gasteiger partial charge in [0.25, 0.3) is 0 Å². The van der Waals surface area contributed by atoms with Crippen molar-refractivity contribution in [1.82, 2.24) is 0 Å². The summed E-state index contributed by atoms with van der Waals surface area (Å²) in [5.74, 6) is 0. The molecule has 44 valence electrons. The standard InChI is InChI=1S/C5H7NO2/c6-4-5(8)2-1-3-7/h3,5,8H,1-2H2. The first kappa shape index (κ1) is 7.12. The van der Waals surface area contributed by atoms with Crippen LogP contribution in [0.2, 0.25) is 0 Å². The van der Waals surface area contributed by atoms with Crippen LogP contribution in [0.25, 0.3) is 0 Å². The van der Waals surface area contributed by atoms with Gasteiger partial charge in [-0.25, -0.2) is 0 Å². The predicted molar refractivity (Wildman–Crippen MR) is 26.9 cm³/mol. The lowest BCUT2D eigenvalue weighted by atomic mass is 10.2. The fraction of sp³-hybridized carbons (Fsp3) is 0.600. The van der Waals surface area contributed by atoms with Crippen LogP contribution in [0.3, 0.4) is 0 Å². The Bertz CT molecular complexity index is 105. The number of carbonyl (C=O) groups excluding carboxylic acids is 1. The van der Waals surface area contributed by atoms with E-state index >= 15 is 0 Å². The minimum Gasteiger partial charge on any atom is -0.378 e. The zero-order valence-electron chi connectivity index (χ0n) is 4.37. The lowest BCUT2D eigenvalue weighted by Crippen LogP contribution is -2.01. The molecule has 0 aromatic rings. The Morgan fingerprint density at radius 1 is 1.88 bits per heavy atom. The van der Waals surface area contributed by atoms with Crippen LogP contribution < -0.4 is 0 Å². The summed E-state index contributed by atoms with van der Waals surface area (Å²) in [5, 5.41) is 16.4. The quantitative estimate of drug-likeness (QED) is 0.409. The van der Waals surface area contributed by atoms with Crippen LogP contribution >= 0.6 is 0 Å². The summed E-state index contributed by atoms with van der Waals surface area (Å²) in [6.45, 7) is 0. The largest absolute Gasteiger partial charge is 0.378 e. The van der Waals surface area contributed by atoms with E-state index in [0.717, 1.165) is 0 Å². The normalized spacial score (nSPS) is 12.0. The van der Waals surface area contributed by atoms with E-state index in [0.29, 0.717) is 6.29 Å². The molecule has 0 aromatic carbocycles. The summed E-state index contributed by atoms with van der Waals surface area (Å²) in [7, 11) is 0. The van der Waals surface area contributed by atoms with E-state index in [9.17, 15) is 4.79 Å². The highest BCUT2D eigenvalue weighted by molar-refractivity contribution is 5.49. The third kappa shape index (κ3) is 3.32. The third-order valence-corrected chi connectivity index (χ3v) is 0.707. The summed E-state index contributed by atoms with van der Waals surface area (Å²) in [6, 6.07) is 1.60. The molecule has 0 heterocycles. The van der Waals surface area contributed by atoms with Gasteiger partial charge in [0.1, 0.15) is 12.4 Å². The number of nitrogens with zero attached hydrogens (tertiary/aromatic N) is 1. The number of hydrogen-bond acceptors (Lipinski definition) is 3. The molecule has 0 radical (unpaired) electrons. The SMILES string of the molecule is N#CC(O)CCC=O. The van der Waals surface area contributed by atoms with Crippen molar-refractivity contribution in [3.05, 3.63) is 0 Å². The summed E-state index contributed by atoms with van der Waals surface area (Å²) >= 11 is 0. The van der Waals surface area contributed by atoms with Crippen LogP contribution in [0.1, 0.15) is 12.8 Å². The Hall–Kier alpha value is -0.880. The molecule has 0 aliphatic heterocycles. The van der Waals surface area contributed by atoms with E-state index in [2.05, 4.69) is 0 Å². The van der Waals surface area contributed by atoms with Crippen LogP contribution in [0.4, 0.5) is 0 Å². The number of hydrogen-bond donors (Lipinski definition) is 1. The van der Waals surface area contributed by atoms with Gasteiger partial charge in [0.05, 0.1) is 6.07 Å². The van der Waals surface area contributed by atoms with Crippen LogP contribution in [0.15, 0.2) is 0 Å². The fourth-order valence-electron chi connectivity index (χ4n) is 0.290. The number of aliphatic hydroxyl groups is 1. The number of aldehydes is 1. The third-order valence-electron chi connectivity index (χ3n) is 0.707. The highest BCUT2D eigenvalue weighted by Gasteiger charge is 1.97. The van der Waals surface area contributed by atoms with Crippen molar-refractivity contribution in [3.8, 4) is 6.07 Å². The molecule has 1 N–H and O–H groups in total. The van der Waals surface area contributed by atoms with Gasteiger partial charge in [-0.15, -0.1) is 0 Å². The van der Waals surface area contributed by atoms with Gasteiger partial charge in [0.15, 0.2) is 0 Å². The molecular weight excluding hydrogens is 106 g/mol. The van der Waals surface area contributed by atoms with E-state index < -0.39 is 6.10 Å². The molecule has 3 nitrogen and oxygen atoms in total. The minimum absolute atomic E-state index is 0.250. The molecule has 0 spiro atoms. The van der Waals surface area contributed by atoms with Gasteiger partial charge in [0.2, 0.25) is 0 Å². The summed E-state index contributed by atoms with van der Waals surface area (Å²) in [6.07, 6.45) is 0.218. The second-order valence-electron chi connectivity index (χ2n) is 1.39. The van der Waals surface area contributed by atoms with Crippen LogP contribution in [0.5, 0.6) is 0 Å². The molecule has 0 aliphatic rings. The van der Waals surface area contributed by atoms with E-state index in [-0.39, 0.29) is 12.8 Å². The Labute approximate surface area is 47.5 Å². The molecular formula is C5H7NO2. The van der Waals surface area contributed by atoms with Crippen LogP contribution in [0, 0.1) is 11.3 Å². The minimum atomic E-state index is -0.972. The number of rotatable bonds is 3. The summed E-state index contributed by atoms with van der Waals surface area (Å²) in [5.41, 5.74) is 0. The van der Waals surface area contributed by atoms with Gasteiger partial charge >= 0.3 is 0 Å². The molecule has 0 bridgehead atoms.